The van der Waals surface area contributed by atoms with E-state index in [-0.39, 0.29) is 5.04 Å². The van der Waals surface area contributed by atoms with E-state index in [1.165, 1.54) is 0 Å². The maximum Gasteiger partial charge on any atom is 0.262 e. The summed E-state index contributed by atoms with van der Waals surface area (Å²) in [6, 6.07) is 20.4. The van der Waals surface area contributed by atoms with Crippen LogP contribution < -0.4 is 16.1 Å². The van der Waals surface area contributed by atoms with Crippen LogP contribution in [0.1, 0.15) is 34.1 Å². The Hall–Kier alpha value is -2.21. The van der Waals surface area contributed by atoms with Crippen LogP contribution in [0.2, 0.25) is 5.04 Å². The standard InChI is InChI=1S/C24H33NO3Si/c1-18(2)17-21(27-6)22(23(25)26)28-29(24(3,4)5,19-13-9-7-10-14-19)20-15-11-8-12-16-20/h7-16,21-22H,1,17H2,2-6H3,(H2,25,26)/t21-,22+/m1/s1. The van der Waals surface area contributed by atoms with E-state index in [9.17, 15) is 4.79 Å². The molecule has 2 atom stereocenters. The van der Waals surface area contributed by atoms with Gasteiger partial charge in [0.2, 0.25) is 5.91 Å². The molecule has 2 N–H and O–H groups in total. The zero-order valence-electron chi connectivity index (χ0n) is 18.1. The highest BCUT2D eigenvalue weighted by Crippen LogP contribution is 2.38. The molecule has 0 aliphatic carbocycles. The van der Waals surface area contributed by atoms with Gasteiger partial charge in [-0.25, -0.2) is 0 Å². The van der Waals surface area contributed by atoms with Gasteiger partial charge < -0.3 is 14.9 Å². The van der Waals surface area contributed by atoms with Crippen LogP contribution >= 0.6 is 0 Å². The summed E-state index contributed by atoms with van der Waals surface area (Å²) in [6.07, 6.45) is -0.878. The Bertz CT molecular complexity index is 776. The number of hydrogen-bond acceptors (Lipinski definition) is 3. The lowest BCUT2D eigenvalue weighted by molar-refractivity contribution is -0.131. The van der Waals surface area contributed by atoms with Gasteiger partial charge in [-0.2, -0.15) is 0 Å². The second-order valence-electron chi connectivity index (χ2n) is 8.54. The molecule has 0 saturated heterocycles. The number of primary amides is 1. The number of carbonyl (C=O) groups is 1. The van der Waals surface area contributed by atoms with E-state index in [2.05, 4.69) is 51.6 Å². The molecule has 156 valence electrons. The van der Waals surface area contributed by atoms with Gasteiger partial charge >= 0.3 is 0 Å². The number of rotatable bonds is 9. The molecular weight excluding hydrogens is 378 g/mol. The molecule has 2 aromatic carbocycles. The van der Waals surface area contributed by atoms with E-state index in [1.54, 1.807) is 7.11 Å². The molecule has 5 heteroatoms. The van der Waals surface area contributed by atoms with Crippen molar-refractivity contribution in [2.45, 2.75) is 51.4 Å². The van der Waals surface area contributed by atoms with Crippen molar-refractivity contribution in [1.82, 2.24) is 0 Å². The second-order valence-corrected chi connectivity index (χ2v) is 12.8. The largest absolute Gasteiger partial charge is 0.393 e. The lowest BCUT2D eigenvalue weighted by Crippen LogP contribution is -2.69. The molecule has 0 aromatic heterocycles. The zero-order valence-corrected chi connectivity index (χ0v) is 19.1. The smallest absolute Gasteiger partial charge is 0.262 e. The molecule has 0 heterocycles. The number of benzene rings is 2. The summed E-state index contributed by atoms with van der Waals surface area (Å²) in [7, 11) is -1.33. The number of amides is 1. The minimum absolute atomic E-state index is 0.259. The molecule has 2 rings (SSSR count). The number of carbonyl (C=O) groups excluding carboxylic acids is 1. The molecular formula is C24H33NO3Si. The van der Waals surface area contributed by atoms with E-state index < -0.39 is 26.4 Å². The lowest BCUT2D eigenvalue weighted by atomic mass is 10.1. The Labute approximate surface area is 175 Å². The third kappa shape index (κ3) is 5.04. The van der Waals surface area contributed by atoms with Crippen molar-refractivity contribution in [3.8, 4) is 0 Å². The van der Waals surface area contributed by atoms with E-state index in [0.717, 1.165) is 15.9 Å². The summed E-state index contributed by atoms with van der Waals surface area (Å²) in [5.41, 5.74) is 6.76. The van der Waals surface area contributed by atoms with E-state index in [1.807, 2.05) is 43.3 Å². The van der Waals surface area contributed by atoms with Crippen LogP contribution in [0.15, 0.2) is 72.8 Å². The summed E-state index contributed by atoms with van der Waals surface area (Å²) in [5.74, 6) is -0.522. The van der Waals surface area contributed by atoms with Crippen LogP contribution in [0.5, 0.6) is 0 Å². The molecule has 4 nitrogen and oxygen atoms in total. The van der Waals surface area contributed by atoms with Gasteiger partial charge in [-0.15, -0.1) is 6.58 Å². The topological polar surface area (TPSA) is 61.6 Å². The van der Waals surface area contributed by atoms with Gasteiger partial charge in [0.05, 0.1) is 6.10 Å². The molecule has 0 bridgehead atoms. The quantitative estimate of drug-likeness (QED) is 0.508. The first-order valence-electron chi connectivity index (χ1n) is 9.89. The third-order valence-electron chi connectivity index (χ3n) is 5.19. The molecule has 0 unspecified atom stereocenters. The number of nitrogens with two attached hydrogens (primary N) is 1. The minimum atomic E-state index is -2.92. The van der Waals surface area contributed by atoms with E-state index in [0.29, 0.717) is 6.42 Å². The minimum Gasteiger partial charge on any atom is -0.393 e. The number of ether oxygens (including phenoxy) is 1. The predicted molar refractivity (Wildman–Crippen MR) is 122 cm³/mol. The van der Waals surface area contributed by atoms with Gasteiger partial charge in [-0.05, 0) is 28.8 Å². The van der Waals surface area contributed by atoms with Crippen LogP contribution in [0.25, 0.3) is 0 Å². The first-order chi connectivity index (χ1) is 13.6. The number of hydrogen-bond donors (Lipinski definition) is 1. The normalized spacial score (nSPS) is 14.2. The van der Waals surface area contributed by atoms with Gasteiger partial charge in [-0.1, -0.05) is 87.0 Å². The van der Waals surface area contributed by atoms with Crippen LogP contribution in [0.3, 0.4) is 0 Å². The van der Waals surface area contributed by atoms with Crippen molar-refractivity contribution in [3.63, 3.8) is 0 Å². The fourth-order valence-electron chi connectivity index (χ4n) is 3.86. The maximum atomic E-state index is 12.6. The molecule has 29 heavy (non-hydrogen) atoms. The van der Waals surface area contributed by atoms with Crippen molar-refractivity contribution in [1.29, 1.82) is 0 Å². The highest BCUT2D eigenvalue weighted by molar-refractivity contribution is 6.99. The Morgan fingerprint density at radius 2 is 1.48 bits per heavy atom. The lowest BCUT2D eigenvalue weighted by Gasteiger charge is -2.45. The van der Waals surface area contributed by atoms with Crippen LogP contribution in [0.4, 0.5) is 0 Å². The first-order valence-corrected chi connectivity index (χ1v) is 11.8. The SMILES string of the molecule is C=C(C)C[C@@H](OC)[C@H](O[Si](c1ccccc1)(c1ccccc1)C(C)(C)C)C(N)=O. The molecule has 0 spiro atoms. The molecule has 0 fully saturated rings. The van der Waals surface area contributed by atoms with Crippen molar-refractivity contribution in [2.24, 2.45) is 5.73 Å². The number of methoxy groups -OCH3 is 1. The average molecular weight is 412 g/mol. The Morgan fingerprint density at radius 3 is 1.79 bits per heavy atom. The predicted octanol–water partition coefficient (Wildman–Crippen LogP) is 3.40. The fourth-order valence-corrected chi connectivity index (χ4v) is 8.52. The van der Waals surface area contributed by atoms with Crippen molar-refractivity contribution in [3.05, 3.63) is 72.8 Å². The Morgan fingerprint density at radius 1 is 1.03 bits per heavy atom. The van der Waals surface area contributed by atoms with Crippen molar-refractivity contribution in [2.75, 3.05) is 7.11 Å². The average Bonchev–Trinajstić information content (AvgIpc) is 2.67. The Balaban J connectivity index is 2.72. The highest BCUT2D eigenvalue weighted by atomic mass is 28.4. The van der Waals surface area contributed by atoms with E-state index in [4.69, 9.17) is 14.9 Å². The Kier molecular flexibility index (Phi) is 7.58. The summed E-state index contributed by atoms with van der Waals surface area (Å²) in [5, 5.41) is 1.93. The van der Waals surface area contributed by atoms with Crippen LogP contribution in [-0.2, 0) is 14.0 Å². The van der Waals surface area contributed by atoms with Gasteiger partial charge in [0.15, 0.2) is 6.10 Å². The summed E-state index contributed by atoms with van der Waals surface area (Å²) in [6.45, 7) is 12.4. The molecule has 1 amide bonds. The van der Waals surface area contributed by atoms with Crippen molar-refractivity contribution < 1.29 is 14.0 Å². The zero-order chi connectivity index (χ0) is 21.7. The molecule has 0 aliphatic heterocycles. The van der Waals surface area contributed by atoms with Gasteiger partial charge in [0.25, 0.3) is 8.32 Å². The van der Waals surface area contributed by atoms with Crippen LogP contribution in [-0.4, -0.2) is 33.5 Å². The molecule has 0 aliphatic rings. The molecule has 2 aromatic rings. The molecule has 0 saturated carbocycles. The van der Waals surface area contributed by atoms with E-state index >= 15 is 0 Å². The van der Waals surface area contributed by atoms with Gasteiger partial charge in [0.1, 0.15) is 0 Å². The monoisotopic (exact) mass is 411 g/mol. The van der Waals surface area contributed by atoms with Gasteiger partial charge in [0, 0.05) is 7.11 Å². The highest BCUT2D eigenvalue weighted by Gasteiger charge is 2.53. The van der Waals surface area contributed by atoms with Crippen LogP contribution in [0, 0.1) is 0 Å². The van der Waals surface area contributed by atoms with Gasteiger partial charge in [-0.3, -0.25) is 4.79 Å². The maximum absolute atomic E-state index is 12.6. The third-order valence-corrected chi connectivity index (χ3v) is 10.2. The summed E-state index contributed by atoms with van der Waals surface area (Å²) >= 11 is 0. The second kappa shape index (κ2) is 9.52. The van der Waals surface area contributed by atoms with Crippen molar-refractivity contribution >= 4 is 24.6 Å². The first kappa shape index (κ1) is 23.1. The summed E-state index contributed by atoms with van der Waals surface area (Å²) < 4.78 is 12.5. The summed E-state index contributed by atoms with van der Waals surface area (Å²) in [4.78, 5) is 12.6. The fraction of sp³-hybridized carbons (Fsp3) is 0.375. The molecule has 0 radical (unpaired) electrons.